The van der Waals surface area contributed by atoms with Crippen molar-refractivity contribution in [2.45, 2.75) is 26.0 Å². The first-order chi connectivity index (χ1) is 12.7. The Morgan fingerprint density at radius 2 is 1.96 bits per heavy atom. The summed E-state index contributed by atoms with van der Waals surface area (Å²) in [5.41, 5.74) is 3.90. The zero-order valence-corrected chi connectivity index (χ0v) is 15.1. The Kier molecular flexibility index (Phi) is 6.43. The van der Waals surface area contributed by atoms with Crippen LogP contribution in [0.3, 0.4) is 0 Å². The third-order valence-electron chi connectivity index (χ3n) is 4.59. The average molecular weight is 362 g/mol. The number of hydrazine groups is 1. The highest BCUT2D eigenvalue weighted by Crippen LogP contribution is 2.18. The molecule has 8 nitrogen and oxygen atoms in total. The van der Waals surface area contributed by atoms with Gasteiger partial charge in [-0.3, -0.25) is 15.1 Å². The average Bonchev–Trinajstić information content (AvgIpc) is 2.68. The molecule has 1 N–H and O–H groups in total. The van der Waals surface area contributed by atoms with Crippen molar-refractivity contribution < 1.29 is 19.2 Å². The fourth-order valence-corrected chi connectivity index (χ4v) is 3.15. The number of nitrogens with zero attached hydrogens (tertiary/aromatic N) is 3. The Morgan fingerprint density at radius 1 is 1.23 bits per heavy atom. The monoisotopic (exact) mass is 362 g/mol. The van der Waals surface area contributed by atoms with Gasteiger partial charge in [0.1, 0.15) is 12.6 Å². The lowest BCUT2D eigenvalue weighted by Gasteiger charge is -2.40. The highest BCUT2D eigenvalue weighted by Gasteiger charge is 2.37. The van der Waals surface area contributed by atoms with E-state index in [0.717, 1.165) is 5.56 Å². The molecule has 0 aliphatic carbocycles. The van der Waals surface area contributed by atoms with Gasteiger partial charge in [-0.25, -0.2) is 14.9 Å². The quantitative estimate of drug-likeness (QED) is 0.817. The summed E-state index contributed by atoms with van der Waals surface area (Å²) in [6.07, 6.45) is 0.532. The van der Waals surface area contributed by atoms with E-state index < -0.39 is 6.04 Å². The molecule has 0 aromatic heterocycles. The second kappa shape index (κ2) is 8.98. The van der Waals surface area contributed by atoms with Gasteiger partial charge < -0.3 is 9.64 Å². The third-order valence-corrected chi connectivity index (χ3v) is 4.59. The molecule has 2 heterocycles. The number of urea groups is 1. The molecule has 2 aliphatic rings. The van der Waals surface area contributed by atoms with Crippen molar-refractivity contribution in [3.05, 3.63) is 35.9 Å². The number of carbonyl (C=O) groups excluding carboxylic acids is 2. The first-order valence-corrected chi connectivity index (χ1v) is 9.07. The number of likely N-dealkylation sites (N-methyl/N-ethyl adjacent to an activating group) is 1. The van der Waals surface area contributed by atoms with E-state index in [0.29, 0.717) is 52.4 Å². The minimum Gasteiger partial charge on any atom is -0.379 e. The van der Waals surface area contributed by atoms with E-state index in [1.807, 2.05) is 42.3 Å². The Hall–Kier alpha value is -2.16. The van der Waals surface area contributed by atoms with Gasteiger partial charge in [-0.1, -0.05) is 30.3 Å². The van der Waals surface area contributed by atoms with Crippen LogP contribution in [0.15, 0.2) is 30.3 Å². The molecule has 1 aromatic rings. The maximum Gasteiger partial charge on any atom is 0.344 e. The van der Waals surface area contributed by atoms with Crippen molar-refractivity contribution in [3.63, 3.8) is 0 Å². The van der Waals surface area contributed by atoms with Crippen LogP contribution in [0, 0.1) is 0 Å². The number of rotatable bonds is 6. The summed E-state index contributed by atoms with van der Waals surface area (Å²) in [6.45, 7) is 5.55. The number of morpholine rings is 1. The summed E-state index contributed by atoms with van der Waals surface area (Å²) < 4.78 is 5.28. The van der Waals surface area contributed by atoms with Crippen LogP contribution in [0.2, 0.25) is 0 Å². The summed E-state index contributed by atoms with van der Waals surface area (Å²) in [7, 11) is 0. The molecule has 0 spiro atoms. The summed E-state index contributed by atoms with van der Waals surface area (Å²) in [5.74, 6) is -0.148. The Labute approximate surface area is 153 Å². The minimum absolute atomic E-state index is 0.148. The van der Waals surface area contributed by atoms with Gasteiger partial charge >= 0.3 is 6.03 Å². The van der Waals surface area contributed by atoms with Gasteiger partial charge in [0, 0.05) is 19.6 Å². The zero-order valence-electron chi connectivity index (χ0n) is 15.1. The minimum atomic E-state index is -0.480. The van der Waals surface area contributed by atoms with Crippen LogP contribution in [0.4, 0.5) is 4.79 Å². The SMILES string of the molecule is CCN1C(=O)N(OCc2ccccc2)CC[C@H]1C(=O)NN1CCOCC1. The lowest BCUT2D eigenvalue weighted by molar-refractivity contribution is -0.159. The van der Waals surface area contributed by atoms with E-state index in [1.54, 1.807) is 4.90 Å². The maximum atomic E-state index is 12.7. The van der Waals surface area contributed by atoms with E-state index in [4.69, 9.17) is 9.57 Å². The summed E-state index contributed by atoms with van der Waals surface area (Å²) in [4.78, 5) is 32.6. The number of hydrogen-bond acceptors (Lipinski definition) is 5. The third kappa shape index (κ3) is 4.51. The number of carbonyl (C=O) groups is 2. The van der Waals surface area contributed by atoms with Gasteiger partial charge in [-0.2, -0.15) is 0 Å². The second-order valence-electron chi connectivity index (χ2n) is 6.31. The van der Waals surface area contributed by atoms with Crippen LogP contribution < -0.4 is 5.43 Å². The molecule has 0 unspecified atom stereocenters. The first kappa shape index (κ1) is 18.6. The van der Waals surface area contributed by atoms with Gasteiger partial charge in [0.2, 0.25) is 0 Å². The van der Waals surface area contributed by atoms with Crippen molar-refractivity contribution in [2.75, 3.05) is 39.4 Å². The van der Waals surface area contributed by atoms with Gasteiger partial charge in [-0.05, 0) is 18.9 Å². The van der Waals surface area contributed by atoms with Crippen LogP contribution in [-0.4, -0.2) is 72.3 Å². The van der Waals surface area contributed by atoms with Crippen LogP contribution in [0.25, 0.3) is 0 Å². The van der Waals surface area contributed by atoms with Crippen molar-refractivity contribution in [3.8, 4) is 0 Å². The first-order valence-electron chi connectivity index (χ1n) is 9.07. The van der Waals surface area contributed by atoms with E-state index >= 15 is 0 Å². The lowest BCUT2D eigenvalue weighted by Crippen LogP contribution is -2.61. The second-order valence-corrected chi connectivity index (χ2v) is 6.31. The van der Waals surface area contributed by atoms with Crippen molar-refractivity contribution in [2.24, 2.45) is 0 Å². The van der Waals surface area contributed by atoms with Crippen LogP contribution >= 0.6 is 0 Å². The molecule has 2 fully saturated rings. The Morgan fingerprint density at radius 3 is 2.65 bits per heavy atom. The number of hydrogen-bond donors (Lipinski definition) is 1. The Bertz CT molecular complexity index is 606. The number of hydroxylamine groups is 2. The summed E-state index contributed by atoms with van der Waals surface area (Å²) in [6, 6.07) is 8.95. The van der Waals surface area contributed by atoms with Gasteiger partial charge in [-0.15, -0.1) is 0 Å². The molecule has 26 heavy (non-hydrogen) atoms. The van der Waals surface area contributed by atoms with Gasteiger partial charge in [0.05, 0.1) is 19.8 Å². The normalized spacial score (nSPS) is 21.7. The topological polar surface area (TPSA) is 74.4 Å². The van der Waals surface area contributed by atoms with Crippen molar-refractivity contribution in [1.82, 2.24) is 20.4 Å². The predicted octanol–water partition coefficient (Wildman–Crippen LogP) is 0.998. The number of nitrogens with one attached hydrogen (secondary N) is 1. The molecule has 0 radical (unpaired) electrons. The Balaban J connectivity index is 1.55. The molecule has 1 aromatic carbocycles. The molecular formula is C18H26N4O4. The standard InChI is InChI=1S/C18H26N4O4/c1-2-21-16(17(23)19-20-10-12-25-13-11-20)8-9-22(18(21)24)26-14-15-6-4-3-5-7-15/h3-7,16H,2,8-14H2,1H3,(H,19,23)/t16-/m0/s1. The fraction of sp³-hybridized carbons (Fsp3) is 0.556. The summed E-state index contributed by atoms with van der Waals surface area (Å²) in [5, 5.41) is 3.21. The lowest BCUT2D eigenvalue weighted by atomic mass is 10.1. The highest BCUT2D eigenvalue weighted by molar-refractivity contribution is 5.87. The smallest absolute Gasteiger partial charge is 0.344 e. The fourth-order valence-electron chi connectivity index (χ4n) is 3.15. The van der Waals surface area contributed by atoms with Crippen molar-refractivity contribution in [1.29, 1.82) is 0 Å². The van der Waals surface area contributed by atoms with E-state index in [-0.39, 0.29) is 11.9 Å². The molecule has 0 saturated carbocycles. The van der Waals surface area contributed by atoms with E-state index in [1.165, 1.54) is 5.06 Å². The van der Waals surface area contributed by atoms with E-state index in [2.05, 4.69) is 5.43 Å². The molecular weight excluding hydrogens is 336 g/mol. The largest absolute Gasteiger partial charge is 0.379 e. The maximum absolute atomic E-state index is 12.7. The van der Waals surface area contributed by atoms with Crippen LogP contribution in [0.1, 0.15) is 18.9 Å². The summed E-state index contributed by atoms with van der Waals surface area (Å²) >= 11 is 0. The molecule has 2 saturated heterocycles. The molecule has 3 amide bonds. The number of amides is 3. The number of ether oxygens (including phenoxy) is 1. The highest BCUT2D eigenvalue weighted by atomic mass is 16.7. The molecule has 3 rings (SSSR count). The molecule has 142 valence electrons. The van der Waals surface area contributed by atoms with Crippen LogP contribution in [0.5, 0.6) is 0 Å². The molecule has 1 atom stereocenters. The molecule has 8 heteroatoms. The zero-order chi connectivity index (χ0) is 18.4. The predicted molar refractivity (Wildman–Crippen MR) is 94.7 cm³/mol. The van der Waals surface area contributed by atoms with Crippen LogP contribution in [-0.2, 0) is 21.0 Å². The van der Waals surface area contributed by atoms with Gasteiger partial charge in [0.25, 0.3) is 5.91 Å². The molecule has 0 bridgehead atoms. The molecule has 2 aliphatic heterocycles. The van der Waals surface area contributed by atoms with Gasteiger partial charge in [0.15, 0.2) is 0 Å². The number of benzene rings is 1. The van der Waals surface area contributed by atoms with E-state index in [9.17, 15) is 9.59 Å². The van der Waals surface area contributed by atoms with Crippen molar-refractivity contribution >= 4 is 11.9 Å².